The molecule has 1 atom stereocenters. The van der Waals surface area contributed by atoms with Crippen molar-refractivity contribution in [3.05, 3.63) is 58.7 Å². The number of methoxy groups -OCH3 is 1. The van der Waals surface area contributed by atoms with Crippen LogP contribution < -0.4 is 19.5 Å². The number of Topliss-reactive ketones (excluding diaryl/α,β-unsaturated/α-hetero) is 1. The van der Waals surface area contributed by atoms with E-state index in [1.807, 2.05) is 0 Å². The highest BCUT2D eigenvalue weighted by Crippen LogP contribution is 2.41. The third-order valence-electron chi connectivity index (χ3n) is 6.52. The van der Waals surface area contributed by atoms with Gasteiger partial charge in [-0.3, -0.25) is 9.59 Å². The summed E-state index contributed by atoms with van der Waals surface area (Å²) in [4.78, 5) is 29.2. The molecule has 0 spiro atoms. The normalized spacial score (nSPS) is 17.3. The summed E-state index contributed by atoms with van der Waals surface area (Å²) in [6.07, 6.45) is 0. The first-order valence-electron chi connectivity index (χ1n) is 12.0. The van der Waals surface area contributed by atoms with Gasteiger partial charge in [-0.25, -0.2) is 0 Å². The maximum Gasteiger partial charge on any atom is 0.295 e. The second-order valence-corrected chi connectivity index (χ2v) is 8.52. The molecule has 35 heavy (non-hydrogen) atoms. The topological polar surface area (TPSA) is 104 Å². The van der Waals surface area contributed by atoms with Gasteiger partial charge in [-0.2, -0.15) is 0 Å². The number of aliphatic hydroxyl groups excluding tert-OH is 1. The number of hydrogen-bond acceptors (Lipinski definition) is 6. The number of carbonyl (C=O) groups is 2. The second-order valence-electron chi connectivity index (χ2n) is 8.52. The van der Waals surface area contributed by atoms with Crippen molar-refractivity contribution in [1.82, 2.24) is 4.90 Å². The number of likely N-dealkylation sites (N-methyl/N-ethyl adjacent to an activating group) is 1. The number of amides is 1. The number of nitrogens with zero attached hydrogens (tertiary/aromatic N) is 1. The zero-order valence-corrected chi connectivity index (χ0v) is 21.0. The van der Waals surface area contributed by atoms with Crippen LogP contribution in [0.1, 0.15) is 43.5 Å². The Bertz CT molecular complexity index is 1120. The fourth-order valence-electron chi connectivity index (χ4n) is 4.48. The van der Waals surface area contributed by atoms with Crippen LogP contribution in [0.5, 0.6) is 17.2 Å². The van der Waals surface area contributed by atoms with Gasteiger partial charge in [0.25, 0.3) is 11.7 Å². The van der Waals surface area contributed by atoms with Crippen LogP contribution in [-0.4, -0.2) is 61.6 Å². The molecule has 1 aliphatic heterocycles. The van der Waals surface area contributed by atoms with Crippen molar-refractivity contribution in [3.8, 4) is 17.2 Å². The molecular weight excluding hydrogens is 448 g/mol. The summed E-state index contributed by atoms with van der Waals surface area (Å²) in [5.41, 5.74) is 1.67. The first kappa shape index (κ1) is 26.1. The maximum atomic E-state index is 13.3. The van der Waals surface area contributed by atoms with Gasteiger partial charge >= 0.3 is 0 Å². The van der Waals surface area contributed by atoms with Gasteiger partial charge in [0.2, 0.25) is 0 Å². The summed E-state index contributed by atoms with van der Waals surface area (Å²) in [7, 11) is 1.55. The largest absolute Gasteiger partial charge is 0.870 e. The number of aliphatic hydroxyl groups is 1. The molecule has 3 rings (SSSR count). The SMILES string of the molecule is CCOc1cc(C2C(=C(O)c3ccc(OC)cc3C)C(=O)C(=O)N2CC[NH+](CC)CC)ccc1[O-]. The van der Waals surface area contributed by atoms with Gasteiger partial charge in [0, 0.05) is 5.56 Å². The fraction of sp³-hybridized carbons (Fsp3) is 0.407. The quantitative estimate of drug-likeness (QED) is 0.304. The number of rotatable bonds is 10. The molecule has 1 heterocycles. The summed E-state index contributed by atoms with van der Waals surface area (Å²) < 4.78 is 10.7. The van der Waals surface area contributed by atoms with Crippen molar-refractivity contribution in [2.24, 2.45) is 0 Å². The standard InChI is InChI=1S/C27H34N2O6/c1-6-28(7-2)13-14-29-24(18-9-12-21(30)22(16-18)35-8-3)23(26(32)27(29)33)25(31)20-11-10-19(34-5)15-17(20)4/h9-12,15-16,24,30-31H,6-8,13-14H2,1-5H3. The minimum absolute atomic E-state index is 0.00101. The maximum absolute atomic E-state index is 13.3. The van der Waals surface area contributed by atoms with Crippen LogP contribution in [0.2, 0.25) is 0 Å². The monoisotopic (exact) mass is 482 g/mol. The lowest BCUT2D eigenvalue weighted by atomic mass is 9.93. The number of quaternary nitrogens is 1. The zero-order chi connectivity index (χ0) is 25.7. The van der Waals surface area contributed by atoms with Gasteiger partial charge in [-0.15, -0.1) is 0 Å². The lowest BCUT2D eigenvalue weighted by Gasteiger charge is -2.28. The van der Waals surface area contributed by atoms with Gasteiger partial charge in [0.05, 0.1) is 51.5 Å². The van der Waals surface area contributed by atoms with Gasteiger partial charge in [0.1, 0.15) is 17.3 Å². The van der Waals surface area contributed by atoms with E-state index < -0.39 is 17.7 Å². The van der Waals surface area contributed by atoms with Crippen LogP contribution in [0.4, 0.5) is 0 Å². The van der Waals surface area contributed by atoms with Crippen molar-refractivity contribution >= 4 is 17.4 Å². The molecule has 2 aromatic rings. The Morgan fingerprint density at radius 3 is 2.43 bits per heavy atom. The van der Waals surface area contributed by atoms with E-state index >= 15 is 0 Å². The molecule has 0 aliphatic carbocycles. The molecule has 0 bridgehead atoms. The second kappa shape index (κ2) is 11.3. The third kappa shape index (κ3) is 5.27. The van der Waals surface area contributed by atoms with E-state index in [1.54, 1.807) is 51.3 Å². The van der Waals surface area contributed by atoms with Crippen molar-refractivity contribution < 1.29 is 34.2 Å². The van der Waals surface area contributed by atoms with E-state index in [9.17, 15) is 19.8 Å². The van der Waals surface area contributed by atoms with E-state index in [-0.39, 0.29) is 22.8 Å². The highest BCUT2D eigenvalue weighted by molar-refractivity contribution is 6.46. The van der Waals surface area contributed by atoms with Gasteiger partial charge in [0.15, 0.2) is 0 Å². The number of nitrogens with one attached hydrogen (secondary N) is 1. The number of carbonyl (C=O) groups excluding carboxylic acids is 2. The van der Waals surface area contributed by atoms with Crippen LogP contribution in [0, 0.1) is 6.92 Å². The third-order valence-corrected chi connectivity index (χ3v) is 6.52. The van der Waals surface area contributed by atoms with Crippen LogP contribution in [0.15, 0.2) is 42.0 Å². The molecule has 1 aliphatic rings. The number of hydrogen-bond donors (Lipinski definition) is 2. The highest BCUT2D eigenvalue weighted by atomic mass is 16.5. The number of benzene rings is 2. The van der Waals surface area contributed by atoms with Crippen LogP contribution in [0.3, 0.4) is 0 Å². The Hall–Kier alpha value is -3.52. The summed E-state index contributed by atoms with van der Waals surface area (Å²) in [6.45, 7) is 10.8. The van der Waals surface area contributed by atoms with Crippen molar-refractivity contribution in [1.29, 1.82) is 0 Å². The molecule has 188 valence electrons. The van der Waals surface area contributed by atoms with Crippen LogP contribution in [0.25, 0.3) is 5.76 Å². The summed E-state index contributed by atoms with van der Waals surface area (Å²) in [5, 5.41) is 23.6. The highest BCUT2D eigenvalue weighted by Gasteiger charge is 2.46. The Morgan fingerprint density at radius 2 is 1.83 bits per heavy atom. The molecule has 0 aromatic heterocycles. The smallest absolute Gasteiger partial charge is 0.295 e. The van der Waals surface area contributed by atoms with Gasteiger partial charge < -0.3 is 29.5 Å². The molecule has 0 radical (unpaired) electrons. The number of ether oxygens (including phenoxy) is 2. The molecule has 8 nitrogen and oxygen atoms in total. The van der Waals surface area contributed by atoms with Crippen molar-refractivity contribution in [2.45, 2.75) is 33.7 Å². The lowest BCUT2D eigenvalue weighted by molar-refractivity contribution is -0.895. The summed E-state index contributed by atoms with van der Waals surface area (Å²) >= 11 is 0. The molecule has 8 heteroatoms. The molecule has 2 N–H and O–H groups in total. The van der Waals surface area contributed by atoms with E-state index in [2.05, 4.69) is 13.8 Å². The van der Waals surface area contributed by atoms with Crippen LogP contribution >= 0.6 is 0 Å². The van der Waals surface area contributed by atoms with E-state index in [0.29, 0.717) is 42.1 Å². The molecule has 1 saturated heterocycles. The molecule has 1 unspecified atom stereocenters. The lowest BCUT2D eigenvalue weighted by Crippen LogP contribution is -3.12. The predicted molar refractivity (Wildman–Crippen MR) is 131 cm³/mol. The van der Waals surface area contributed by atoms with E-state index in [0.717, 1.165) is 13.1 Å². The first-order chi connectivity index (χ1) is 16.8. The van der Waals surface area contributed by atoms with Gasteiger partial charge in [-0.05, 0) is 63.1 Å². The molecule has 0 saturated carbocycles. The molecule has 1 amide bonds. The molecule has 1 fully saturated rings. The minimum Gasteiger partial charge on any atom is -0.870 e. The Kier molecular flexibility index (Phi) is 8.40. The average Bonchev–Trinajstić information content (AvgIpc) is 3.10. The first-order valence-corrected chi connectivity index (χ1v) is 12.0. The minimum atomic E-state index is -0.841. The number of ketones is 1. The molecular formula is C27H34N2O6. The average molecular weight is 483 g/mol. The Balaban J connectivity index is 2.17. The van der Waals surface area contributed by atoms with Crippen molar-refractivity contribution in [2.75, 3.05) is 39.9 Å². The Morgan fingerprint density at radius 1 is 1.11 bits per heavy atom. The number of aryl methyl sites for hydroxylation is 1. The Labute approximate surface area is 206 Å². The van der Waals surface area contributed by atoms with Crippen molar-refractivity contribution in [3.63, 3.8) is 0 Å². The van der Waals surface area contributed by atoms with E-state index in [1.165, 1.54) is 15.9 Å². The number of likely N-dealkylation sites (tertiary alicyclic amines) is 1. The fourth-order valence-corrected chi connectivity index (χ4v) is 4.48. The zero-order valence-electron chi connectivity index (χ0n) is 21.0. The summed E-state index contributed by atoms with van der Waals surface area (Å²) in [6, 6.07) is 8.79. The predicted octanol–water partition coefficient (Wildman–Crippen LogP) is 1.82. The van der Waals surface area contributed by atoms with E-state index in [4.69, 9.17) is 9.47 Å². The summed E-state index contributed by atoms with van der Waals surface area (Å²) in [5.74, 6) is -1.20. The van der Waals surface area contributed by atoms with Gasteiger partial charge in [-0.1, -0.05) is 17.9 Å². The van der Waals surface area contributed by atoms with Crippen LogP contribution in [-0.2, 0) is 9.59 Å². The molecule has 2 aromatic carbocycles.